The van der Waals surface area contributed by atoms with Gasteiger partial charge in [0.2, 0.25) is 0 Å². The van der Waals surface area contributed by atoms with E-state index in [1.807, 2.05) is 0 Å². The molecule has 2 heterocycles. The molecule has 0 saturated heterocycles. The first-order valence-corrected chi connectivity index (χ1v) is 6.13. The van der Waals surface area contributed by atoms with Crippen molar-refractivity contribution in [1.29, 1.82) is 0 Å². The van der Waals surface area contributed by atoms with Crippen LogP contribution in [0, 0.1) is 0 Å². The number of hydrogen-bond acceptors (Lipinski definition) is 2. The van der Waals surface area contributed by atoms with Gasteiger partial charge >= 0.3 is 85.8 Å². The van der Waals surface area contributed by atoms with Crippen LogP contribution in [-0.2, 0) is 5.75 Å². The van der Waals surface area contributed by atoms with Crippen LogP contribution in [0.2, 0.25) is 0 Å². The van der Waals surface area contributed by atoms with Gasteiger partial charge in [-0.25, -0.2) is 0 Å². The quantitative estimate of drug-likeness (QED) is 0.564. The van der Waals surface area contributed by atoms with Crippen LogP contribution in [0.15, 0.2) is 11.0 Å². The van der Waals surface area contributed by atoms with E-state index < -0.39 is 5.97 Å². The van der Waals surface area contributed by atoms with Gasteiger partial charge in [0.25, 0.3) is 0 Å². The molecule has 0 aliphatic heterocycles. The summed E-state index contributed by atoms with van der Waals surface area (Å²) in [7, 11) is 0. The van der Waals surface area contributed by atoms with Gasteiger partial charge in [0.15, 0.2) is 0 Å². The van der Waals surface area contributed by atoms with Crippen LogP contribution in [-0.4, -0.2) is 30.6 Å². The summed E-state index contributed by atoms with van der Waals surface area (Å²) >= 11 is 4.45. The molecule has 0 amide bonds. The maximum absolute atomic E-state index is 10.6. The predicted molar refractivity (Wildman–Crippen MR) is 54.9 cm³/mol. The van der Waals surface area contributed by atoms with Gasteiger partial charge < -0.3 is 0 Å². The number of rotatable bonds is 2. The van der Waals surface area contributed by atoms with Gasteiger partial charge in [-0.05, 0) is 0 Å². The summed E-state index contributed by atoms with van der Waals surface area (Å²) in [5, 5.41) is 8.74. The number of aromatic nitrogens is 1. The number of thiol groups is 1. The first kappa shape index (κ1) is 8.94. The minimum absolute atomic E-state index is 0.275. The normalized spacial score (nSPS) is 10.8. The van der Waals surface area contributed by atoms with Crippen LogP contribution in [0.4, 0.5) is 0 Å². The summed E-state index contributed by atoms with van der Waals surface area (Å²) in [5.41, 5.74) is 2.36. The molecule has 0 atom stereocenters. The molecule has 2 aromatic rings. The zero-order valence-corrected chi connectivity index (χ0v) is 9.18. The molecule has 3 nitrogen and oxygen atoms in total. The number of carbonyl (C=O) groups is 1. The fourth-order valence-electron chi connectivity index (χ4n) is 1.19. The SMILES string of the molecule is O=C(O)c1cc2[se]cc(CS)c2[nH]1. The van der Waals surface area contributed by atoms with Gasteiger partial charge in [-0.15, -0.1) is 0 Å². The number of aromatic amines is 1. The van der Waals surface area contributed by atoms with Crippen molar-refractivity contribution in [3.8, 4) is 0 Å². The molecular formula is C8H7NO2SSe. The van der Waals surface area contributed by atoms with E-state index in [1.165, 1.54) is 0 Å². The first-order chi connectivity index (χ1) is 6.22. The Morgan fingerprint density at radius 3 is 3.08 bits per heavy atom. The molecule has 0 fully saturated rings. The molecule has 0 aliphatic rings. The molecule has 2 N–H and O–H groups in total. The number of hydrogen-bond donors (Lipinski definition) is 3. The fourth-order valence-corrected chi connectivity index (χ4v) is 3.73. The van der Waals surface area contributed by atoms with Crippen molar-refractivity contribution in [2.24, 2.45) is 0 Å². The third kappa shape index (κ3) is 1.43. The molecule has 0 saturated carbocycles. The van der Waals surface area contributed by atoms with Crippen molar-refractivity contribution in [3.05, 3.63) is 22.3 Å². The van der Waals surface area contributed by atoms with Crippen molar-refractivity contribution in [1.82, 2.24) is 4.98 Å². The summed E-state index contributed by atoms with van der Waals surface area (Å²) in [6.45, 7) is 0. The molecular weight excluding hydrogens is 253 g/mol. The molecule has 0 aliphatic carbocycles. The van der Waals surface area contributed by atoms with Crippen LogP contribution >= 0.6 is 12.6 Å². The van der Waals surface area contributed by atoms with Crippen molar-refractivity contribution in [2.75, 3.05) is 0 Å². The molecule has 13 heavy (non-hydrogen) atoms. The van der Waals surface area contributed by atoms with Crippen molar-refractivity contribution in [2.45, 2.75) is 5.75 Å². The van der Waals surface area contributed by atoms with E-state index in [-0.39, 0.29) is 20.2 Å². The van der Waals surface area contributed by atoms with E-state index in [0.717, 1.165) is 15.3 Å². The second kappa shape index (κ2) is 3.25. The van der Waals surface area contributed by atoms with Gasteiger partial charge in [0.1, 0.15) is 0 Å². The average molecular weight is 260 g/mol. The third-order valence-electron chi connectivity index (χ3n) is 1.83. The molecule has 0 spiro atoms. The third-order valence-corrected chi connectivity index (χ3v) is 4.22. The molecule has 5 heteroatoms. The number of aromatic carboxylic acids is 1. The molecule has 68 valence electrons. The van der Waals surface area contributed by atoms with Gasteiger partial charge in [0, 0.05) is 0 Å². The predicted octanol–water partition coefficient (Wildman–Crippen LogP) is 1.35. The van der Waals surface area contributed by atoms with Crippen LogP contribution in [0.1, 0.15) is 16.1 Å². The summed E-state index contributed by atoms with van der Waals surface area (Å²) in [6.07, 6.45) is 0. The second-order valence-corrected chi connectivity index (χ2v) is 4.87. The Hall–Kier alpha value is -0.641. The summed E-state index contributed by atoms with van der Waals surface area (Å²) in [6, 6.07) is 1.71. The molecule has 0 aromatic carbocycles. The van der Waals surface area contributed by atoms with E-state index in [2.05, 4.69) is 22.6 Å². The summed E-state index contributed by atoms with van der Waals surface area (Å²) in [4.78, 5) is 15.7. The zero-order valence-electron chi connectivity index (χ0n) is 6.57. The average Bonchev–Trinajstić information content (AvgIpc) is 2.60. The Kier molecular flexibility index (Phi) is 2.24. The van der Waals surface area contributed by atoms with Crippen LogP contribution < -0.4 is 0 Å². The summed E-state index contributed by atoms with van der Waals surface area (Å²) < 4.78 is 1.12. The van der Waals surface area contributed by atoms with Crippen molar-refractivity contribution < 1.29 is 9.90 Å². The maximum atomic E-state index is 10.6. The Morgan fingerprint density at radius 2 is 2.46 bits per heavy atom. The van der Waals surface area contributed by atoms with E-state index in [1.54, 1.807) is 6.07 Å². The van der Waals surface area contributed by atoms with E-state index in [4.69, 9.17) is 5.11 Å². The zero-order chi connectivity index (χ0) is 9.42. The number of fused-ring (bicyclic) bond motifs is 1. The van der Waals surface area contributed by atoms with Crippen LogP contribution in [0.5, 0.6) is 0 Å². The Balaban J connectivity index is 2.63. The fraction of sp³-hybridized carbons (Fsp3) is 0.125. The van der Waals surface area contributed by atoms with Crippen LogP contribution in [0.25, 0.3) is 9.78 Å². The number of carboxylic acids is 1. The number of H-pyrrole nitrogens is 1. The van der Waals surface area contributed by atoms with Crippen molar-refractivity contribution >= 4 is 42.9 Å². The molecule has 0 radical (unpaired) electrons. The van der Waals surface area contributed by atoms with E-state index in [9.17, 15) is 4.79 Å². The second-order valence-electron chi connectivity index (χ2n) is 2.65. The van der Waals surface area contributed by atoms with Gasteiger partial charge in [-0.1, -0.05) is 0 Å². The molecule has 0 bridgehead atoms. The minimum atomic E-state index is -0.899. The van der Waals surface area contributed by atoms with Gasteiger partial charge in [0.05, 0.1) is 0 Å². The van der Waals surface area contributed by atoms with Gasteiger partial charge in [-0.2, -0.15) is 0 Å². The number of carboxylic acid groups (broad SMARTS) is 1. The number of nitrogens with one attached hydrogen (secondary N) is 1. The summed E-state index contributed by atoms with van der Waals surface area (Å²) in [5.74, 6) is -0.238. The van der Waals surface area contributed by atoms with E-state index >= 15 is 0 Å². The first-order valence-electron chi connectivity index (χ1n) is 3.65. The monoisotopic (exact) mass is 261 g/mol. The topological polar surface area (TPSA) is 53.1 Å². The molecule has 2 aromatic heterocycles. The van der Waals surface area contributed by atoms with E-state index in [0.29, 0.717) is 5.75 Å². The Bertz CT molecular complexity index is 460. The van der Waals surface area contributed by atoms with Crippen LogP contribution in [0.3, 0.4) is 0 Å². The van der Waals surface area contributed by atoms with Gasteiger partial charge in [-0.3, -0.25) is 0 Å². The Labute approximate surface area is 85.9 Å². The molecule has 0 unspecified atom stereocenters. The standard InChI is InChI=1S/C8H7NO2SSe/c10-8(11)5-1-6-7(9-5)4(2-12)3-13-6/h1,3,9,12H,2H2,(H,10,11). The Morgan fingerprint density at radius 1 is 1.69 bits per heavy atom. The molecule has 2 rings (SSSR count). The van der Waals surface area contributed by atoms with Crippen molar-refractivity contribution in [3.63, 3.8) is 0 Å².